The topological polar surface area (TPSA) is 26.0 Å². The van der Waals surface area contributed by atoms with Crippen molar-refractivity contribution in [3.8, 4) is 0 Å². The van der Waals surface area contributed by atoms with Gasteiger partial charge in [-0.3, -0.25) is 0 Å². The van der Waals surface area contributed by atoms with E-state index >= 15 is 0 Å². The molecule has 2 N–H and O–H groups in total. The third-order valence-electron chi connectivity index (χ3n) is 3.03. The van der Waals surface area contributed by atoms with Crippen LogP contribution in [0, 0.1) is 6.92 Å². The molecule has 1 saturated carbocycles. The molecule has 0 spiro atoms. The lowest BCUT2D eigenvalue weighted by Crippen LogP contribution is -2.21. The molecule has 0 saturated heterocycles. The van der Waals surface area contributed by atoms with Crippen LogP contribution in [0.3, 0.4) is 0 Å². The maximum absolute atomic E-state index is 14.4. The summed E-state index contributed by atoms with van der Waals surface area (Å²) in [7, 11) is 0. The Morgan fingerprint density at radius 3 is 2.86 bits per heavy atom. The van der Waals surface area contributed by atoms with Crippen molar-refractivity contribution in [1.29, 1.82) is 0 Å². The number of aryl methyl sites for hydroxylation is 1. The van der Waals surface area contributed by atoms with E-state index in [0.29, 0.717) is 12.8 Å². The van der Waals surface area contributed by atoms with E-state index in [0.717, 1.165) is 17.5 Å². The van der Waals surface area contributed by atoms with E-state index in [-0.39, 0.29) is 6.04 Å². The van der Waals surface area contributed by atoms with Gasteiger partial charge < -0.3 is 5.73 Å². The van der Waals surface area contributed by atoms with Gasteiger partial charge in [-0.1, -0.05) is 29.8 Å². The zero-order chi connectivity index (χ0) is 10.2. The number of benzene rings is 1. The Labute approximate surface area is 84.1 Å². The van der Waals surface area contributed by atoms with Gasteiger partial charge >= 0.3 is 0 Å². The van der Waals surface area contributed by atoms with Gasteiger partial charge in [-0.2, -0.15) is 0 Å². The van der Waals surface area contributed by atoms with Crippen LogP contribution in [0.5, 0.6) is 0 Å². The molecule has 0 heterocycles. The molecule has 14 heavy (non-hydrogen) atoms. The number of alkyl halides is 1. The summed E-state index contributed by atoms with van der Waals surface area (Å²) in [6, 6.07) is 7.72. The second-order valence-electron chi connectivity index (χ2n) is 4.34. The van der Waals surface area contributed by atoms with Gasteiger partial charge in [0.1, 0.15) is 5.67 Å². The van der Waals surface area contributed by atoms with E-state index in [1.165, 1.54) is 0 Å². The molecule has 0 aliphatic heterocycles. The molecular weight excluding hydrogens is 177 g/mol. The molecular formula is C12H16FN. The average molecular weight is 193 g/mol. The number of nitrogens with two attached hydrogens (primary N) is 1. The van der Waals surface area contributed by atoms with Gasteiger partial charge in [0.25, 0.3) is 0 Å². The van der Waals surface area contributed by atoms with Crippen molar-refractivity contribution >= 4 is 0 Å². The maximum Gasteiger partial charge on any atom is 0.137 e. The number of halogens is 1. The lowest BCUT2D eigenvalue weighted by Gasteiger charge is -2.20. The van der Waals surface area contributed by atoms with Gasteiger partial charge in [-0.15, -0.1) is 0 Å². The second kappa shape index (κ2) is 3.35. The van der Waals surface area contributed by atoms with Crippen LogP contribution in [0.2, 0.25) is 0 Å². The molecule has 1 aromatic carbocycles. The number of hydrogen-bond donors (Lipinski definition) is 1. The quantitative estimate of drug-likeness (QED) is 0.729. The zero-order valence-corrected chi connectivity index (χ0v) is 8.46. The molecule has 0 bridgehead atoms. The van der Waals surface area contributed by atoms with Crippen LogP contribution >= 0.6 is 0 Å². The van der Waals surface area contributed by atoms with Crippen molar-refractivity contribution in [3.63, 3.8) is 0 Å². The Morgan fingerprint density at radius 1 is 1.50 bits per heavy atom. The summed E-state index contributed by atoms with van der Waals surface area (Å²) in [6.45, 7) is 1.99. The van der Waals surface area contributed by atoms with Gasteiger partial charge in [0.15, 0.2) is 0 Å². The molecule has 0 radical (unpaired) electrons. The number of rotatable bonds is 1. The Kier molecular flexibility index (Phi) is 2.31. The second-order valence-corrected chi connectivity index (χ2v) is 4.34. The standard InChI is InChI=1S/C12H16FN/c1-9-3-2-4-10(7-9)12(13)6-5-11(14)8-12/h2-4,7,11H,5-6,8,14H2,1H3. The molecule has 1 nitrogen and oxygen atoms in total. The van der Waals surface area contributed by atoms with Gasteiger partial charge in [-0.25, -0.2) is 4.39 Å². The predicted octanol–water partition coefficient (Wildman–Crippen LogP) is 2.67. The maximum atomic E-state index is 14.4. The van der Waals surface area contributed by atoms with Gasteiger partial charge in [0, 0.05) is 12.5 Å². The Morgan fingerprint density at radius 2 is 2.29 bits per heavy atom. The van der Waals surface area contributed by atoms with Crippen LogP contribution in [0.25, 0.3) is 0 Å². The first-order chi connectivity index (χ1) is 6.60. The van der Waals surface area contributed by atoms with Gasteiger partial charge in [-0.05, 0) is 25.3 Å². The normalized spacial score (nSPS) is 32.1. The monoisotopic (exact) mass is 193 g/mol. The van der Waals surface area contributed by atoms with Gasteiger partial charge in [0.05, 0.1) is 0 Å². The smallest absolute Gasteiger partial charge is 0.137 e. The predicted molar refractivity (Wildman–Crippen MR) is 55.8 cm³/mol. The first-order valence-electron chi connectivity index (χ1n) is 5.12. The third kappa shape index (κ3) is 1.67. The highest BCUT2D eigenvalue weighted by Crippen LogP contribution is 2.41. The third-order valence-corrected chi connectivity index (χ3v) is 3.03. The summed E-state index contributed by atoms with van der Waals surface area (Å²) >= 11 is 0. The minimum atomic E-state index is -1.18. The van der Waals surface area contributed by atoms with E-state index in [1.807, 2.05) is 31.2 Å². The fourth-order valence-corrected chi connectivity index (χ4v) is 2.22. The van der Waals surface area contributed by atoms with Crippen LogP contribution < -0.4 is 5.73 Å². The van der Waals surface area contributed by atoms with E-state index in [2.05, 4.69) is 0 Å². The van der Waals surface area contributed by atoms with Crippen molar-refractivity contribution < 1.29 is 4.39 Å². The highest BCUT2D eigenvalue weighted by atomic mass is 19.1. The van der Waals surface area contributed by atoms with Crippen LogP contribution in [-0.4, -0.2) is 6.04 Å². The minimum Gasteiger partial charge on any atom is -0.328 e. The van der Waals surface area contributed by atoms with Crippen molar-refractivity contribution in [2.45, 2.75) is 37.9 Å². The molecule has 1 aliphatic rings. The largest absolute Gasteiger partial charge is 0.328 e. The lowest BCUT2D eigenvalue weighted by molar-refractivity contribution is 0.172. The summed E-state index contributed by atoms with van der Waals surface area (Å²) in [4.78, 5) is 0. The summed E-state index contributed by atoms with van der Waals surface area (Å²) < 4.78 is 14.4. The molecule has 2 unspecified atom stereocenters. The minimum absolute atomic E-state index is 0.0283. The molecule has 2 rings (SSSR count). The van der Waals surface area contributed by atoms with E-state index in [4.69, 9.17) is 5.73 Å². The lowest BCUT2D eigenvalue weighted by atomic mass is 9.93. The summed E-state index contributed by atoms with van der Waals surface area (Å²) in [5.74, 6) is 0. The van der Waals surface area contributed by atoms with Gasteiger partial charge in [0.2, 0.25) is 0 Å². The van der Waals surface area contributed by atoms with Crippen molar-refractivity contribution in [2.75, 3.05) is 0 Å². The molecule has 2 atom stereocenters. The fraction of sp³-hybridized carbons (Fsp3) is 0.500. The van der Waals surface area contributed by atoms with E-state index in [1.54, 1.807) is 0 Å². The Bertz CT molecular complexity index is 337. The highest BCUT2D eigenvalue weighted by Gasteiger charge is 2.39. The first-order valence-corrected chi connectivity index (χ1v) is 5.12. The molecule has 0 aromatic heterocycles. The summed E-state index contributed by atoms with van der Waals surface area (Å²) in [5.41, 5.74) is 6.48. The molecule has 1 aliphatic carbocycles. The zero-order valence-electron chi connectivity index (χ0n) is 8.46. The van der Waals surface area contributed by atoms with Crippen LogP contribution in [0.4, 0.5) is 4.39 Å². The van der Waals surface area contributed by atoms with Crippen molar-refractivity contribution in [2.24, 2.45) is 5.73 Å². The van der Waals surface area contributed by atoms with Crippen molar-refractivity contribution in [1.82, 2.24) is 0 Å². The first kappa shape index (κ1) is 9.66. The Hall–Kier alpha value is -0.890. The average Bonchev–Trinajstić information content (AvgIpc) is 2.48. The summed E-state index contributed by atoms with van der Waals surface area (Å²) in [5, 5.41) is 0. The van der Waals surface area contributed by atoms with E-state index in [9.17, 15) is 4.39 Å². The molecule has 2 heteroatoms. The molecule has 1 aromatic rings. The number of hydrogen-bond acceptors (Lipinski definition) is 1. The van der Waals surface area contributed by atoms with E-state index < -0.39 is 5.67 Å². The molecule has 1 fully saturated rings. The van der Waals surface area contributed by atoms with Crippen LogP contribution in [-0.2, 0) is 5.67 Å². The molecule has 0 amide bonds. The summed E-state index contributed by atoms with van der Waals surface area (Å²) in [6.07, 6.45) is 1.83. The van der Waals surface area contributed by atoms with Crippen molar-refractivity contribution in [3.05, 3.63) is 35.4 Å². The molecule has 76 valence electrons. The van der Waals surface area contributed by atoms with Crippen LogP contribution in [0.1, 0.15) is 30.4 Å². The highest BCUT2D eigenvalue weighted by molar-refractivity contribution is 5.28. The Balaban J connectivity index is 2.30. The van der Waals surface area contributed by atoms with Crippen LogP contribution in [0.15, 0.2) is 24.3 Å². The SMILES string of the molecule is Cc1cccc(C2(F)CCC(N)C2)c1. The fourth-order valence-electron chi connectivity index (χ4n) is 2.22.